The standard InChI is InChI=1S/C21H43N5O3.HI/c1-6-8-10-18(17-24-20(27)29-21(3,4)5)25-19(22-7-2)23-11-9-12-26-13-15-28-16-14-26;/h18H,6-17H2,1-5H3,(H,24,27)(H2,22,23,25);1H. The van der Waals surface area contributed by atoms with Crippen molar-refractivity contribution in [2.45, 2.75) is 71.9 Å². The van der Waals surface area contributed by atoms with Gasteiger partial charge in [-0.1, -0.05) is 19.8 Å². The molecule has 0 aromatic rings. The predicted octanol–water partition coefficient (Wildman–Crippen LogP) is 2.97. The fourth-order valence-corrected chi connectivity index (χ4v) is 3.02. The van der Waals surface area contributed by atoms with Crippen LogP contribution in [-0.4, -0.2) is 81.1 Å². The normalized spacial score (nSPS) is 16.4. The van der Waals surface area contributed by atoms with E-state index in [0.717, 1.165) is 77.6 Å². The van der Waals surface area contributed by atoms with Gasteiger partial charge in [0, 0.05) is 45.3 Å². The smallest absolute Gasteiger partial charge is 0.407 e. The molecule has 30 heavy (non-hydrogen) atoms. The highest BCUT2D eigenvalue weighted by atomic mass is 127. The zero-order valence-corrected chi connectivity index (χ0v) is 21.9. The third-order valence-electron chi connectivity index (χ3n) is 4.49. The third kappa shape index (κ3) is 15.1. The highest BCUT2D eigenvalue weighted by molar-refractivity contribution is 14.0. The molecule has 0 aromatic carbocycles. The number of morpholine rings is 1. The first-order chi connectivity index (χ1) is 13.8. The van der Waals surface area contributed by atoms with Crippen molar-refractivity contribution >= 4 is 36.0 Å². The average molecular weight is 542 g/mol. The van der Waals surface area contributed by atoms with Crippen molar-refractivity contribution in [3.63, 3.8) is 0 Å². The molecule has 0 bridgehead atoms. The van der Waals surface area contributed by atoms with Crippen molar-refractivity contribution in [3.05, 3.63) is 0 Å². The zero-order valence-electron chi connectivity index (χ0n) is 19.6. The van der Waals surface area contributed by atoms with Crippen molar-refractivity contribution in [1.82, 2.24) is 20.9 Å². The van der Waals surface area contributed by atoms with Crippen molar-refractivity contribution in [3.8, 4) is 0 Å². The largest absolute Gasteiger partial charge is 0.444 e. The Morgan fingerprint density at radius 3 is 2.47 bits per heavy atom. The molecule has 0 saturated carbocycles. The summed E-state index contributed by atoms with van der Waals surface area (Å²) in [5, 5.41) is 9.68. The van der Waals surface area contributed by atoms with Gasteiger partial charge in [0.25, 0.3) is 0 Å². The van der Waals surface area contributed by atoms with E-state index in [1.54, 1.807) is 0 Å². The van der Waals surface area contributed by atoms with E-state index in [9.17, 15) is 4.79 Å². The number of carbonyl (C=O) groups is 1. The lowest BCUT2D eigenvalue weighted by atomic mass is 10.1. The summed E-state index contributed by atoms with van der Waals surface area (Å²) in [4.78, 5) is 19.1. The highest BCUT2D eigenvalue weighted by Gasteiger charge is 2.18. The van der Waals surface area contributed by atoms with Crippen LogP contribution in [-0.2, 0) is 9.47 Å². The molecule has 0 aliphatic carbocycles. The van der Waals surface area contributed by atoms with Crippen molar-refractivity contribution < 1.29 is 14.3 Å². The van der Waals surface area contributed by atoms with Gasteiger partial charge >= 0.3 is 6.09 Å². The fourth-order valence-electron chi connectivity index (χ4n) is 3.02. The minimum absolute atomic E-state index is 0. The molecule has 1 aliphatic rings. The first-order valence-electron chi connectivity index (χ1n) is 11.2. The molecule has 3 N–H and O–H groups in total. The van der Waals surface area contributed by atoms with Gasteiger partial charge in [0.1, 0.15) is 5.60 Å². The molecule has 1 unspecified atom stereocenters. The lowest BCUT2D eigenvalue weighted by Crippen LogP contribution is -2.49. The molecule has 0 spiro atoms. The van der Waals surface area contributed by atoms with Crippen LogP contribution in [0.5, 0.6) is 0 Å². The van der Waals surface area contributed by atoms with Crippen molar-refractivity contribution in [2.75, 3.05) is 52.5 Å². The first kappa shape index (κ1) is 29.2. The van der Waals surface area contributed by atoms with Gasteiger partial charge in [-0.2, -0.15) is 0 Å². The van der Waals surface area contributed by atoms with Crippen LogP contribution in [0.25, 0.3) is 0 Å². The van der Waals surface area contributed by atoms with Crippen LogP contribution >= 0.6 is 24.0 Å². The molecular formula is C21H44IN5O3. The van der Waals surface area contributed by atoms with E-state index in [2.05, 4.69) is 34.7 Å². The van der Waals surface area contributed by atoms with E-state index in [1.165, 1.54) is 0 Å². The summed E-state index contributed by atoms with van der Waals surface area (Å²) < 4.78 is 10.7. The molecule has 9 heteroatoms. The van der Waals surface area contributed by atoms with E-state index in [-0.39, 0.29) is 36.1 Å². The Balaban J connectivity index is 0.00000841. The van der Waals surface area contributed by atoms with Crippen LogP contribution in [0, 0.1) is 0 Å². The molecule has 0 aromatic heterocycles. The molecule has 1 saturated heterocycles. The Morgan fingerprint density at radius 1 is 1.17 bits per heavy atom. The van der Waals surface area contributed by atoms with E-state index >= 15 is 0 Å². The summed E-state index contributed by atoms with van der Waals surface area (Å²) in [5.74, 6) is 0.807. The molecule has 1 aliphatic heterocycles. The number of nitrogens with zero attached hydrogens (tertiary/aromatic N) is 2. The minimum atomic E-state index is -0.493. The number of alkyl carbamates (subject to hydrolysis) is 1. The Bertz CT molecular complexity index is 480. The molecule has 1 heterocycles. The van der Waals surface area contributed by atoms with E-state index in [4.69, 9.17) is 14.5 Å². The van der Waals surface area contributed by atoms with Gasteiger partial charge in [-0.15, -0.1) is 24.0 Å². The second kappa shape index (κ2) is 16.8. The summed E-state index contributed by atoms with van der Waals surface area (Å²) >= 11 is 0. The maximum atomic E-state index is 12.0. The number of aliphatic imine (C=N–C) groups is 1. The maximum absolute atomic E-state index is 12.0. The first-order valence-corrected chi connectivity index (χ1v) is 11.2. The molecule has 8 nitrogen and oxygen atoms in total. The summed E-state index contributed by atoms with van der Waals surface area (Å²) in [6.45, 7) is 16.6. The maximum Gasteiger partial charge on any atom is 0.407 e. The lowest BCUT2D eigenvalue weighted by molar-refractivity contribution is 0.0377. The summed E-state index contributed by atoms with van der Waals surface area (Å²) in [6.07, 6.45) is 3.80. The second-order valence-electron chi connectivity index (χ2n) is 8.43. The lowest BCUT2D eigenvalue weighted by Gasteiger charge is -2.26. The topological polar surface area (TPSA) is 87.2 Å². The van der Waals surface area contributed by atoms with Crippen LogP contribution in [0.4, 0.5) is 4.79 Å². The molecular weight excluding hydrogens is 497 g/mol. The van der Waals surface area contributed by atoms with Gasteiger partial charge in [0.15, 0.2) is 5.96 Å². The number of hydrogen-bond acceptors (Lipinski definition) is 5. The van der Waals surface area contributed by atoms with Crippen LogP contribution in [0.2, 0.25) is 0 Å². The molecule has 1 fully saturated rings. The number of amides is 1. The van der Waals surface area contributed by atoms with Crippen LogP contribution in [0.1, 0.15) is 60.3 Å². The second-order valence-corrected chi connectivity index (χ2v) is 8.43. The number of carbonyl (C=O) groups excluding carboxylic acids is 1. The van der Waals surface area contributed by atoms with Crippen molar-refractivity contribution in [2.24, 2.45) is 4.99 Å². The monoisotopic (exact) mass is 541 g/mol. The van der Waals surface area contributed by atoms with Crippen LogP contribution in [0.15, 0.2) is 4.99 Å². The van der Waals surface area contributed by atoms with Crippen molar-refractivity contribution in [1.29, 1.82) is 0 Å². The van der Waals surface area contributed by atoms with Gasteiger partial charge in [-0.05, 0) is 40.5 Å². The van der Waals surface area contributed by atoms with Gasteiger partial charge < -0.3 is 25.4 Å². The van der Waals surface area contributed by atoms with E-state index in [0.29, 0.717) is 6.54 Å². The Hall–Kier alpha value is -0.810. The van der Waals surface area contributed by atoms with Gasteiger partial charge in [-0.3, -0.25) is 9.89 Å². The summed E-state index contributed by atoms with van der Waals surface area (Å²) in [7, 11) is 0. The number of nitrogens with one attached hydrogen (secondary N) is 3. The Morgan fingerprint density at radius 2 is 1.87 bits per heavy atom. The number of unbranched alkanes of at least 4 members (excludes halogenated alkanes) is 1. The quantitative estimate of drug-likeness (QED) is 0.161. The van der Waals surface area contributed by atoms with E-state index in [1.807, 2.05) is 20.8 Å². The number of halogens is 1. The fraction of sp³-hybridized carbons (Fsp3) is 0.905. The van der Waals surface area contributed by atoms with Crippen LogP contribution in [0.3, 0.4) is 0 Å². The third-order valence-corrected chi connectivity index (χ3v) is 4.49. The highest BCUT2D eigenvalue weighted by Crippen LogP contribution is 2.07. The van der Waals surface area contributed by atoms with Gasteiger partial charge in [0.2, 0.25) is 0 Å². The van der Waals surface area contributed by atoms with Gasteiger partial charge in [-0.25, -0.2) is 4.79 Å². The molecule has 1 amide bonds. The Labute approximate surface area is 200 Å². The van der Waals surface area contributed by atoms with Gasteiger partial charge in [0.05, 0.1) is 13.2 Å². The summed E-state index contributed by atoms with van der Waals surface area (Å²) in [5.41, 5.74) is -0.493. The number of guanidine groups is 1. The van der Waals surface area contributed by atoms with Crippen LogP contribution < -0.4 is 16.0 Å². The predicted molar refractivity (Wildman–Crippen MR) is 134 cm³/mol. The number of rotatable bonds is 11. The zero-order chi connectivity index (χ0) is 21.5. The van der Waals surface area contributed by atoms with E-state index < -0.39 is 5.60 Å². The number of ether oxygens (including phenoxy) is 2. The SMILES string of the molecule is CCCCC(CNC(=O)OC(C)(C)C)NC(=NCCCN1CCOCC1)NCC.I. The average Bonchev–Trinajstić information content (AvgIpc) is 2.66. The molecule has 1 atom stereocenters. The molecule has 178 valence electrons. The Kier molecular flexibility index (Phi) is 16.4. The molecule has 1 rings (SSSR count). The summed E-state index contributed by atoms with van der Waals surface area (Å²) in [6, 6.07) is 0.111. The number of hydrogen-bond donors (Lipinski definition) is 3. The minimum Gasteiger partial charge on any atom is -0.444 e. The molecule has 0 radical (unpaired) electrons.